The van der Waals surface area contributed by atoms with Gasteiger partial charge in [0.25, 0.3) is 5.91 Å². The maximum Gasteiger partial charge on any atom is 0.262 e. The third-order valence-corrected chi connectivity index (χ3v) is 7.56. The Morgan fingerprint density at radius 2 is 2.09 bits per heavy atom. The summed E-state index contributed by atoms with van der Waals surface area (Å²) in [7, 11) is -3.17. The lowest BCUT2D eigenvalue weighted by Gasteiger charge is -2.10. The number of aromatic nitrogens is 2. The van der Waals surface area contributed by atoms with E-state index in [0.717, 1.165) is 5.69 Å². The van der Waals surface area contributed by atoms with Crippen LogP contribution in [0.2, 0.25) is 5.02 Å². The van der Waals surface area contributed by atoms with Crippen LogP contribution >= 0.6 is 11.6 Å². The van der Waals surface area contributed by atoms with Gasteiger partial charge in [0.05, 0.1) is 28.8 Å². The highest BCUT2D eigenvalue weighted by atomic mass is 35.5. The van der Waals surface area contributed by atoms with E-state index in [1.165, 1.54) is 6.08 Å². The van der Waals surface area contributed by atoms with Gasteiger partial charge in [-0.3, -0.25) is 4.79 Å². The topological polar surface area (TPSA) is 114 Å². The number of rotatable bonds is 7. The Labute approximate surface area is 208 Å². The zero-order chi connectivity index (χ0) is 25.0. The minimum absolute atomic E-state index is 0.0239. The van der Waals surface area contributed by atoms with Crippen molar-refractivity contribution in [3.8, 4) is 28.8 Å². The summed E-state index contributed by atoms with van der Waals surface area (Å²) in [5, 5.41) is 17.5. The Balaban J connectivity index is 1.73. The quantitative estimate of drug-likeness (QED) is 0.382. The van der Waals surface area contributed by atoms with Gasteiger partial charge >= 0.3 is 0 Å². The summed E-state index contributed by atoms with van der Waals surface area (Å²) in [5.41, 5.74) is 2.37. The average Bonchev–Trinajstić information content (AvgIpc) is 3.42. The molecule has 1 aromatic heterocycles. The van der Waals surface area contributed by atoms with Gasteiger partial charge in [0, 0.05) is 23.4 Å². The number of benzene rings is 2. The largest absolute Gasteiger partial charge is 0.492 e. The minimum Gasteiger partial charge on any atom is -0.492 e. The molecule has 8 nitrogen and oxygen atoms in total. The van der Waals surface area contributed by atoms with Gasteiger partial charge in [0.15, 0.2) is 9.84 Å². The highest BCUT2D eigenvalue weighted by Crippen LogP contribution is 2.32. The van der Waals surface area contributed by atoms with E-state index < -0.39 is 21.8 Å². The number of ether oxygens (including phenoxy) is 1. The van der Waals surface area contributed by atoms with E-state index in [4.69, 9.17) is 16.3 Å². The van der Waals surface area contributed by atoms with Crippen molar-refractivity contribution in [1.82, 2.24) is 15.1 Å². The second kappa shape index (κ2) is 10.3. The Morgan fingerprint density at radius 3 is 2.71 bits per heavy atom. The van der Waals surface area contributed by atoms with E-state index in [0.29, 0.717) is 40.6 Å². The molecule has 0 radical (unpaired) electrons. The molecule has 1 amide bonds. The molecule has 10 heteroatoms. The van der Waals surface area contributed by atoms with Crippen molar-refractivity contribution >= 4 is 33.4 Å². The predicted octanol–water partition coefficient (Wildman–Crippen LogP) is 3.80. The third kappa shape index (κ3) is 5.73. The van der Waals surface area contributed by atoms with E-state index in [1.807, 2.05) is 43.3 Å². The van der Waals surface area contributed by atoms with Crippen molar-refractivity contribution < 1.29 is 17.9 Å². The first kappa shape index (κ1) is 24.5. The van der Waals surface area contributed by atoms with Gasteiger partial charge in [0.1, 0.15) is 23.1 Å². The number of nitriles is 1. The number of carbonyl (C=O) groups is 1. The number of carbonyl (C=O) groups excluding carboxylic acids is 1. The summed E-state index contributed by atoms with van der Waals surface area (Å²) in [6, 6.07) is 16.1. The van der Waals surface area contributed by atoms with Crippen molar-refractivity contribution in [2.75, 3.05) is 18.1 Å². The SMILES string of the molecule is CCOc1ccc(-c2nn(-c3ccccc3)cc2C=C(C#N)C(=O)NC2CCS(=O)(=O)C2)cc1Cl. The van der Waals surface area contributed by atoms with E-state index >= 15 is 0 Å². The molecule has 1 unspecified atom stereocenters. The van der Waals surface area contributed by atoms with Crippen LogP contribution in [0.5, 0.6) is 5.75 Å². The number of hydrogen-bond acceptors (Lipinski definition) is 6. The normalized spacial score (nSPS) is 17.1. The maximum absolute atomic E-state index is 12.8. The number of halogens is 1. The molecule has 0 bridgehead atoms. The fourth-order valence-electron chi connectivity index (χ4n) is 3.83. The van der Waals surface area contributed by atoms with Crippen molar-refractivity contribution in [3.63, 3.8) is 0 Å². The van der Waals surface area contributed by atoms with Gasteiger partial charge in [-0.05, 0) is 49.8 Å². The van der Waals surface area contributed by atoms with Crippen LogP contribution in [0, 0.1) is 11.3 Å². The first-order chi connectivity index (χ1) is 16.8. The molecule has 0 spiro atoms. The molecular weight excluding hydrogens is 488 g/mol. The van der Waals surface area contributed by atoms with Gasteiger partial charge in [-0.1, -0.05) is 29.8 Å². The molecule has 1 atom stereocenters. The van der Waals surface area contributed by atoms with Crippen molar-refractivity contribution in [3.05, 3.63) is 70.9 Å². The summed E-state index contributed by atoms with van der Waals surface area (Å²) < 4.78 is 30.6. The van der Waals surface area contributed by atoms with Gasteiger partial charge in [-0.15, -0.1) is 0 Å². The van der Waals surface area contributed by atoms with E-state index in [9.17, 15) is 18.5 Å². The molecule has 180 valence electrons. The van der Waals surface area contributed by atoms with Crippen LogP contribution in [0.4, 0.5) is 0 Å². The molecule has 1 saturated heterocycles. The molecule has 1 fully saturated rings. The highest BCUT2D eigenvalue weighted by Gasteiger charge is 2.29. The molecule has 3 aromatic rings. The number of nitrogens with one attached hydrogen (secondary N) is 1. The number of amides is 1. The molecule has 4 rings (SSSR count). The van der Waals surface area contributed by atoms with Crippen LogP contribution in [-0.4, -0.2) is 48.3 Å². The second-order valence-corrected chi connectivity index (χ2v) is 10.7. The van der Waals surface area contributed by atoms with Crippen molar-refractivity contribution in [2.45, 2.75) is 19.4 Å². The van der Waals surface area contributed by atoms with Crippen LogP contribution in [0.25, 0.3) is 23.0 Å². The first-order valence-electron chi connectivity index (χ1n) is 11.0. The lowest BCUT2D eigenvalue weighted by Crippen LogP contribution is -2.36. The summed E-state index contributed by atoms with van der Waals surface area (Å²) in [6.07, 6.45) is 3.50. The van der Waals surface area contributed by atoms with Crippen molar-refractivity contribution in [1.29, 1.82) is 5.26 Å². The molecule has 35 heavy (non-hydrogen) atoms. The molecule has 0 saturated carbocycles. The second-order valence-electron chi connectivity index (χ2n) is 8.03. The average molecular weight is 511 g/mol. The molecule has 1 aliphatic rings. The molecule has 1 aliphatic heterocycles. The molecule has 0 aliphatic carbocycles. The van der Waals surface area contributed by atoms with Gasteiger partial charge < -0.3 is 10.1 Å². The summed E-state index contributed by atoms with van der Waals surface area (Å²) in [5.74, 6) is -0.186. The number of nitrogens with zero attached hydrogens (tertiary/aromatic N) is 3. The Hall–Kier alpha value is -3.61. The Kier molecular flexibility index (Phi) is 7.24. The number of hydrogen-bond donors (Lipinski definition) is 1. The summed E-state index contributed by atoms with van der Waals surface area (Å²) in [6.45, 7) is 2.34. The van der Waals surface area contributed by atoms with Gasteiger partial charge in [-0.2, -0.15) is 10.4 Å². The van der Waals surface area contributed by atoms with Crippen LogP contribution < -0.4 is 10.1 Å². The number of para-hydroxylation sites is 1. The predicted molar refractivity (Wildman–Crippen MR) is 134 cm³/mol. The number of sulfone groups is 1. The molecule has 2 aromatic carbocycles. The van der Waals surface area contributed by atoms with E-state index in [2.05, 4.69) is 10.4 Å². The lowest BCUT2D eigenvalue weighted by molar-refractivity contribution is -0.117. The standard InChI is InChI=1S/C25H23ClN4O4S/c1-2-34-23-9-8-17(13-22(23)26)24-19(15-30(29-24)21-6-4-3-5-7-21)12-18(14-27)25(31)28-20-10-11-35(32,33)16-20/h3-9,12-13,15,20H,2,10-11,16H2,1H3,(H,28,31). The molecule has 2 heterocycles. The van der Waals surface area contributed by atoms with Gasteiger partial charge in [0.2, 0.25) is 0 Å². The highest BCUT2D eigenvalue weighted by molar-refractivity contribution is 7.91. The molecule has 1 N–H and O–H groups in total. The van der Waals surface area contributed by atoms with Crippen LogP contribution in [0.1, 0.15) is 18.9 Å². The van der Waals surface area contributed by atoms with Crippen LogP contribution in [0.15, 0.2) is 60.3 Å². The van der Waals surface area contributed by atoms with E-state index in [-0.39, 0.29) is 17.1 Å². The monoisotopic (exact) mass is 510 g/mol. The lowest BCUT2D eigenvalue weighted by atomic mass is 10.1. The van der Waals surface area contributed by atoms with Crippen molar-refractivity contribution in [2.24, 2.45) is 0 Å². The van der Waals surface area contributed by atoms with Crippen LogP contribution in [-0.2, 0) is 14.6 Å². The fraction of sp³-hybridized carbons (Fsp3) is 0.240. The summed E-state index contributed by atoms with van der Waals surface area (Å²) >= 11 is 6.40. The first-order valence-corrected chi connectivity index (χ1v) is 13.2. The smallest absolute Gasteiger partial charge is 0.262 e. The maximum atomic E-state index is 12.8. The minimum atomic E-state index is -3.17. The summed E-state index contributed by atoms with van der Waals surface area (Å²) in [4.78, 5) is 12.8. The van der Waals surface area contributed by atoms with Gasteiger partial charge in [-0.25, -0.2) is 13.1 Å². The third-order valence-electron chi connectivity index (χ3n) is 5.50. The zero-order valence-electron chi connectivity index (χ0n) is 18.9. The van der Waals surface area contributed by atoms with E-state index in [1.54, 1.807) is 29.1 Å². The van der Waals surface area contributed by atoms with Crippen LogP contribution in [0.3, 0.4) is 0 Å². The Bertz CT molecular complexity index is 1430. The fourth-order valence-corrected chi connectivity index (χ4v) is 5.74. The molecular formula is C25H23ClN4O4S. The zero-order valence-corrected chi connectivity index (χ0v) is 20.5. The Morgan fingerprint density at radius 1 is 1.31 bits per heavy atom.